The average Bonchev–Trinajstić information content (AvgIpc) is 1.70. The fourth-order valence-electron chi connectivity index (χ4n) is 10.7. The number of carbonyl (C=O) groups is 14. The fraction of sp³-hybridized carbons (Fsp3) is 0.617. The minimum atomic E-state index is -1.70. The molecule has 0 radical (unpaired) electrons. The van der Waals surface area contributed by atoms with Crippen molar-refractivity contribution in [2.45, 2.75) is 164 Å². The highest BCUT2D eigenvalue weighted by Crippen LogP contribution is 2.27. The maximum absolute atomic E-state index is 15.0. The summed E-state index contributed by atoms with van der Waals surface area (Å²) in [6.45, 7) is 5.43. The van der Waals surface area contributed by atoms with Crippen LogP contribution in [0.2, 0.25) is 0 Å². The summed E-state index contributed by atoms with van der Waals surface area (Å²) < 4.78 is 5.31. The van der Waals surface area contributed by atoms with Gasteiger partial charge in [0.1, 0.15) is 66.2 Å². The number of amides is 13. The van der Waals surface area contributed by atoms with Gasteiger partial charge in [0.2, 0.25) is 76.8 Å². The number of aliphatic hydroxyl groups excluding tert-OH is 1. The number of methoxy groups -OCH3 is 1. The summed E-state index contributed by atoms with van der Waals surface area (Å²) in [5.41, 5.74) is 6.82. The number of carboxylic acids is 1. The molecular formula is C60H88N16O17S4. The Morgan fingerprint density at radius 2 is 1.38 bits per heavy atom. The van der Waals surface area contributed by atoms with Gasteiger partial charge in [0.05, 0.1) is 32.6 Å². The van der Waals surface area contributed by atoms with Crippen LogP contribution in [0, 0.1) is 11.8 Å². The summed E-state index contributed by atoms with van der Waals surface area (Å²) >= 11 is 0. The lowest BCUT2D eigenvalue weighted by Gasteiger charge is -2.31. The van der Waals surface area contributed by atoms with Gasteiger partial charge in [-0.05, 0) is 81.0 Å². The molecule has 97 heavy (non-hydrogen) atoms. The Balaban J connectivity index is 1.41. The Labute approximate surface area is 575 Å². The highest BCUT2D eigenvalue weighted by Gasteiger charge is 2.45. The smallest absolute Gasteiger partial charge is 0.327 e. The monoisotopic (exact) mass is 1430 g/mol. The molecule has 4 aliphatic heterocycles. The molecule has 4 saturated heterocycles. The lowest BCUT2D eigenvalue weighted by Crippen LogP contribution is -2.61. The SMILES string of the molecule is COc1ccc(C[C@H]2CC(=O)N[C@@H](CCCCN)C(=O)N[C@@H](CC(C)C)C(=O)N[C@H]3CSSC[C@H](NC(=O)[C@@H](NC(=O)[C@@H](NC(=O)CNC(=O)[C@@H]4CCC(=O)N4)C(C)C)CSSC[C@@H](C(=O)O)NC(=O)[C@@H]4[C@@H](O)CCN4C(=O)[C@H](Cc4cnc[nH]4)NC3=O)C(=O)NCC(=O)N2)cc1. The second-order valence-corrected chi connectivity index (χ2v) is 29.5. The summed E-state index contributed by atoms with van der Waals surface area (Å²) in [6, 6.07) is -8.74. The molecule has 12 atom stereocenters. The van der Waals surface area contributed by atoms with E-state index < -0.39 is 181 Å². The van der Waals surface area contributed by atoms with Crippen LogP contribution < -0.4 is 74.3 Å². The van der Waals surface area contributed by atoms with E-state index in [4.69, 9.17) is 10.5 Å². The molecule has 13 amide bonds. The van der Waals surface area contributed by atoms with Crippen LogP contribution in [-0.4, -0.2) is 237 Å². The molecular weight excluding hydrogens is 1350 g/mol. The fourth-order valence-corrected chi connectivity index (χ4v) is 15.4. The first-order valence-corrected chi connectivity index (χ1v) is 36.8. The summed E-state index contributed by atoms with van der Waals surface area (Å²) in [6.07, 6.45) is 1.63. The van der Waals surface area contributed by atoms with Crippen molar-refractivity contribution in [1.82, 2.24) is 78.7 Å². The lowest BCUT2D eigenvalue weighted by atomic mass is 10.0. The molecule has 6 rings (SSSR count). The van der Waals surface area contributed by atoms with Crippen LogP contribution in [0.15, 0.2) is 36.8 Å². The molecule has 37 heteroatoms. The third-order valence-corrected chi connectivity index (χ3v) is 20.8. The number of nitrogens with two attached hydrogens (primary N) is 1. The molecule has 0 unspecified atom stereocenters. The number of hydrogen-bond donors (Lipinski definition) is 16. The Kier molecular flexibility index (Phi) is 31.3. The number of ether oxygens (including phenoxy) is 1. The summed E-state index contributed by atoms with van der Waals surface area (Å²) in [4.78, 5) is 204. The van der Waals surface area contributed by atoms with Crippen molar-refractivity contribution in [3.05, 3.63) is 48.0 Å². The number of imidazole rings is 1. The average molecular weight is 1430 g/mol. The highest BCUT2D eigenvalue weighted by molar-refractivity contribution is 8.77. The minimum Gasteiger partial charge on any atom is -0.497 e. The zero-order valence-corrected chi connectivity index (χ0v) is 57.7. The van der Waals surface area contributed by atoms with Crippen molar-refractivity contribution in [1.29, 1.82) is 0 Å². The second-order valence-electron chi connectivity index (χ2n) is 24.4. The molecule has 2 aromatic rings. The summed E-state index contributed by atoms with van der Waals surface area (Å²) in [5.74, 6) is -14.1. The molecule has 2 bridgehead atoms. The first kappa shape index (κ1) is 78.1. The zero-order valence-electron chi connectivity index (χ0n) is 54.4. The van der Waals surface area contributed by atoms with Crippen molar-refractivity contribution in [3.8, 4) is 5.75 Å². The minimum absolute atomic E-state index is 0.00245. The number of rotatable bonds is 19. The predicted octanol–water partition coefficient (Wildman–Crippen LogP) is -3.86. The van der Waals surface area contributed by atoms with Crippen LogP contribution in [0.5, 0.6) is 5.75 Å². The standard InChI is InChI=1S/C60H88N16O17S4/c1-30(2)18-38-54(85)72-41-26-95-94-25-40(52(83)64-23-47(80)66-33(19-32-9-11-35(93-5)12-10-32)21-46(79)68-36(53(84)69-38)8-6-7-16-61)71-56(87)42(73-57(88)49(31(3)4)75-48(81)24-63-51(82)37-13-14-45(78)67-37)27-96-97-28-43(60(91)92)74-58(89)50-44(77)15-17-76(50)59(90)39(70-55(41)86)20-34-22-62-29-65-34/h9-12,22,29-31,33,36-44,49-50,77H,6-8,13-21,23-28,61H2,1-5H3,(H,62,65)(H,63,82)(H,64,83)(H,66,80)(H,67,78)(H,68,79)(H,69,84)(H,70,86)(H,71,87)(H,72,85)(H,73,88)(H,74,89)(H,75,81)(H,91,92)/t33-,36-,37-,38-,39-,40-,41-,42-,43-,44-,49-,50-/m0/s1. The van der Waals surface area contributed by atoms with Gasteiger partial charge in [-0.15, -0.1) is 0 Å². The van der Waals surface area contributed by atoms with E-state index in [-0.39, 0.29) is 87.1 Å². The molecule has 33 nitrogen and oxygen atoms in total. The number of fused-ring (bicyclic) bond motifs is 6. The number of carboxylic acid groups (broad SMARTS) is 1. The van der Waals surface area contributed by atoms with Crippen LogP contribution in [0.25, 0.3) is 0 Å². The van der Waals surface area contributed by atoms with E-state index >= 15 is 0 Å². The van der Waals surface area contributed by atoms with E-state index in [1.165, 1.54) is 19.6 Å². The number of benzene rings is 1. The molecule has 4 fully saturated rings. The van der Waals surface area contributed by atoms with E-state index in [9.17, 15) is 77.3 Å². The number of aromatic nitrogens is 2. The number of aliphatic hydroxyl groups is 1. The van der Waals surface area contributed by atoms with E-state index in [0.717, 1.165) is 48.1 Å². The molecule has 534 valence electrons. The molecule has 0 spiro atoms. The van der Waals surface area contributed by atoms with E-state index in [0.29, 0.717) is 29.8 Å². The van der Waals surface area contributed by atoms with Gasteiger partial charge in [0.15, 0.2) is 0 Å². The first-order chi connectivity index (χ1) is 46.2. The predicted molar refractivity (Wildman–Crippen MR) is 359 cm³/mol. The molecule has 0 saturated carbocycles. The van der Waals surface area contributed by atoms with E-state index in [1.54, 1.807) is 52.0 Å². The van der Waals surface area contributed by atoms with Gasteiger partial charge < -0.3 is 94.4 Å². The largest absolute Gasteiger partial charge is 0.497 e. The highest BCUT2D eigenvalue weighted by atomic mass is 33.1. The van der Waals surface area contributed by atoms with Crippen molar-refractivity contribution in [2.24, 2.45) is 17.6 Å². The summed E-state index contributed by atoms with van der Waals surface area (Å²) in [7, 11) is 5.02. The van der Waals surface area contributed by atoms with Crippen LogP contribution >= 0.6 is 43.2 Å². The van der Waals surface area contributed by atoms with Gasteiger partial charge in [-0.25, -0.2) is 9.78 Å². The molecule has 5 heterocycles. The normalized spacial score (nSPS) is 26.2. The summed E-state index contributed by atoms with van der Waals surface area (Å²) in [5, 5.41) is 53.1. The lowest BCUT2D eigenvalue weighted by molar-refractivity contribution is -0.146. The number of nitrogens with one attached hydrogen (secondary N) is 13. The van der Waals surface area contributed by atoms with Gasteiger partial charge in [0.25, 0.3) is 0 Å². The number of hydrogen-bond acceptors (Lipinski definition) is 22. The zero-order chi connectivity index (χ0) is 70.9. The van der Waals surface area contributed by atoms with Gasteiger partial charge >= 0.3 is 5.97 Å². The molecule has 0 aliphatic carbocycles. The third-order valence-electron chi connectivity index (χ3n) is 15.9. The van der Waals surface area contributed by atoms with Crippen LogP contribution in [0.1, 0.15) is 90.3 Å². The van der Waals surface area contributed by atoms with Gasteiger partial charge in [-0.3, -0.25) is 62.3 Å². The van der Waals surface area contributed by atoms with Crippen LogP contribution in [-0.2, 0) is 80.0 Å². The van der Waals surface area contributed by atoms with Gasteiger partial charge in [0, 0.05) is 66.8 Å². The number of H-pyrrole nitrogens is 1. The number of nitrogens with zero attached hydrogens (tertiary/aromatic N) is 2. The van der Waals surface area contributed by atoms with Gasteiger partial charge in [-0.2, -0.15) is 0 Å². The number of carbonyl (C=O) groups excluding carboxylic acids is 13. The topological polar surface area (TPSA) is 491 Å². The number of aromatic amines is 1. The van der Waals surface area contributed by atoms with Crippen molar-refractivity contribution < 1.29 is 82.1 Å². The van der Waals surface area contributed by atoms with Crippen molar-refractivity contribution in [3.63, 3.8) is 0 Å². The molecule has 1 aromatic heterocycles. The first-order valence-electron chi connectivity index (χ1n) is 31.8. The van der Waals surface area contributed by atoms with Crippen molar-refractivity contribution >= 4 is 126 Å². The Bertz CT molecular complexity index is 3120. The maximum Gasteiger partial charge on any atom is 0.327 e. The number of unbranched alkanes of at least 4 members (excludes halogenated alkanes) is 1. The van der Waals surface area contributed by atoms with Crippen LogP contribution in [0.4, 0.5) is 0 Å². The quantitative estimate of drug-likeness (QED) is 0.0473. The Hall–Kier alpha value is -7.87. The molecule has 1 aromatic carbocycles. The van der Waals surface area contributed by atoms with E-state index in [1.807, 2.05) is 0 Å². The third kappa shape index (κ3) is 24.9. The number of aliphatic carboxylic acids is 1. The second kappa shape index (κ2) is 38.9. The van der Waals surface area contributed by atoms with E-state index in [2.05, 4.69) is 73.8 Å². The molecule has 17 N–H and O–H groups in total. The molecule has 4 aliphatic rings. The van der Waals surface area contributed by atoms with Crippen molar-refractivity contribution in [2.75, 3.05) is 56.3 Å². The Morgan fingerprint density at radius 3 is 2.02 bits per heavy atom. The Morgan fingerprint density at radius 1 is 0.711 bits per heavy atom. The van der Waals surface area contributed by atoms with Crippen LogP contribution in [0.3, 0.4) is 0 Å². The van der Waals surface area contributed by atoms with Gasteiger partial charge in [-0.1, -0.05) is 83.0 Å². The maximum atomic E-state index is 15.0.